The van der Waals surface area contributed by atoms with Crippen molar-refractivity contribution in [1.29, 1.82) is 0 Å². The Hall–Kier alpha value is -4.06. The van der Waals surface area contributed by atoms with Gasteiger partial charge in [0.25, 0.3) is 23.6 Å². The highest BCUT2D eigenvalue weighted by atomic mass is 16.2. The number of fused-ring (bicyclic) bond motifs is 2. The normalized spacial score (nSPS) is 14.1. The first kappa shape index (κ1) is 31.4. The molecule has 6 nitrogen and oxygen atoms in total. The lowest BCUT2D eigenvalue weighted by Gasteiger charge is -2.13. The van der Waals surface area contributed by atoms with Crippen LogP contribution >= 0.6 is 0 Å². The van der Waals surface area contributed by atoms with Gasteiger partial charge in [-0.15, -0.1) is 0 Å². The lowest BCUT2D eigenvalue weighted by Crippen LogP contribution is -2.30. The Morgan fingerprint density at radius 3 is 1.09 bits per heavy atom. The van der Waals surface area contributed by atoms with E-state index in [0.717, 1.165) is 60.8 Å². The van der Waals surface area contributed by atoms with Crippen LogP contribution < -0.4 is 0 Å². The summed E-state index contributed by atoms with van der Waals surface area (Å²) in [4.78, 5) is 54.9. The monoisotopic (exact) mass is 592 g/mol. The molecule has 44 heavy (non-hydrogen) atoms. The molecular formula is C38H44N2O4. The molecule has 3 aromatic rings. The maximum absolute atomic E-state index is 13.1. The second-order valence-electron chi connectivity index (χ2n) is 12.2. The van der Waals surface area contributed by atoms with E-state index >= 15 is 0 Å². The highest BCUT2D eigenvalue weighted by molar-refractivity contribution is 6.22. The number of rotatable bonds is 16. The molecule has 0 aromatic heterocycles. The molecule has 230 valence electrons. The molecule has 0 spiro atoms. The number of carbonyl (C=O) groups excluding carboxylic acids is 4. The summed E-state index contributed by atoms with van der Waals surface area (Å²) in [5, 5.41) is 0. The molecule has 4 amide bonds. The fourth-order valence-electron chi connectivity index (χ4n) is 6.30. The minimum absolute atomic E-state index is 0.198. The number of benzene rings is 3. The predicted molar refractivity (Wildman–Crippen MR) is 175 cm³/mol. The molecule has 3 aromatic carbocycles. The number of hydrogen-bond donors (Lipinski definition) is 0. The molecule has 0 atom stereocenters. The molecular weight excluding hydrogens is 548 g/mol. The third kappa shape index (κ3) is 6.69. The van der Waals surface area contributed by atoms with E-state index in [4.69, 9.17) is 0 Å². The number of unbranched alkanes of at least 4 members (excludes halogenated alkanes) is 10. The van der Waals surface area contributed by atoms with Crippen LogP contribution in [-0.2, 0) is 0 Å². The zero-order chi connectivity index (χ0) is 31.1. The fraction of sp³-hybridized carbons (Fsp3) is 0.421. The maximum Gasteiger partial charge on any atom is 0.261 e. The molecule has 6 heteroatoms. The van der Waals surface area contributed by atoms with Crippen LogP contribution in [-0.4, -0.2) is 46.5 Å². The van der Waals surface area contributed by atoms with Crippen molar-refractivity contribution in [2.24, 2.45) is 0 Å². The van der Waals surface area contributed by atoms with Crippen LogP contribution in [0.4, 0.5) is 0 Å². The van der Waals surface area contributed by atoms with E-state index in [1.807, 2.05) is 48.5 Å². The molecule has 2 heterocycles. The summed E-state index contributed by atoms with van der Waals surface area (Å²) in [5.74, 6) is -0.814. The first-order valence-corrected chi connectivity index (χ1v) is 16.6. The van der Waals surface area contributed by atoms with Gasteiger partial charge in [0.2, 0.25) is 0 Å². The number of imide groups is 2. The first-order valence-electron chi connectivity index (χ1n) is 16.6. The Morgan fingerprint density at radius 1 is 0.386 bits per heavy atom. The summed E-state index contributed by atoms with van der Waals surface area (Å²) in [6, 6.07) is 18.9. The highest BCUT2D eigenvalue weighted by Crippen LogP contribution is 2.32. The molecule has 0 fully saturated rings. The SMILES string of the molecule is CCCCCCCCN1C(=O)c2ccc(-c3ccc(-c4ccc5c(c4)C(=O)N(CCCCCCCC)C5=O)cc3)cc2C1=O. The van der Waals surface area contributed by atoms with Gasteiger partial charge >= 0.3 is 0 Å². The van der Waals surface area contributed by atoms with Gasteiger partial charge in [-0.25, -0.2) is 0 Å². The van der Waals surface area contributed by atoms with E-state index in [1.165, 1.54) is 48.3 Å². The topological polar surface area (TPSA) is 74.8 Å². The summed E-state index contributed by atoms with van der Waals surface area (Å²) >= 11 is 0. The van der Waals surface area contributed by atoms with E-state index in [1.54, 1.807) is 12.1 Å². The van der Waals surface area contributed by atoms with Crippen LogP contribution in [0.3, 0.4) is 0 Å². The molecule has 0 radical (unpaired) electrons. The Bertz CT molecular complexity index is 1410. The fourth-order valence-corrected chi connectivity index (χ4v) is 6.30. The van der Waals surface area contributed by atoms with Gasteiger partial charge in [0.15, 0.2) is 0 Å². The standard InChI is InChI=1S/C38H44N2O4/c1-3-5-7-9-11-13-23-39-35(41)31-21-19-29(25-33(31)37(39)43)27-15-17-28(18-16-27)30-20-22-32-34(26-30)38(44)40(36(32)42)24-14-12-10-8-6-4-2/h15-22,25-26H,3-14,23-24H2,1-2H3. The zero-order valence-corrected chi connectivity index (χ0v) is 26.2. The average molecular weight is 593 g/mol. The van der Waals surface area contributed by atoms with Gasteiger partial charge < -0.3 is 0 Å². The van der Waals surface area contributed by atoms with Crippen molar-refractivity contribution >= 4 is 23.6 Å². The van der Waals surface area contributed by atoms with Crippen molar-refractivity contribution in [2.45, 2.75) is 90.9 Å². The van der Waals surface area contributed by atoms with Gasteiger partial charge in [0, 0.05) is 13.1 Å². The third-order valence-electron chi connectivity index (χ3n) is 8.96. The molecule has 0 saturated carbocycles. The smallest absolute Gasteiger partial charge is 0.261 e. The highest BCUT2D eigenvalue weighted by Gasteiger charge is 2.36. The van der Waals surface area contributed by atoms with E-state index in [0.29, 0.717) is 35.3 Å². The van der Waals surface area contributed by atoms with Crippen molar-refractivity contribution in [3.05, 3.63) is 82.9 Å². The Balaban J connectivity index is 1.23. The molecule has 5 rings (SSSR count). The van der Waals surface area contributed by atoms with E-state index in [-0.39, 0.29) is 23.6 Å². The Labute approximate surface area is 261 Å². The van der Waals surface area contributed by atoms with Gasteiger partial charge in [-0.05, 0) is 59.4 Å². The summed E-state index contributed by atoms with van der Waals surface area (Å²) in [6.45, 7) is 5.31. The second-order valence-corrected chi connectivity index (χ2v) is 12.2. The third-order valence-corrected chi connectivity index (χ3v) is 8.96. The summed E-state index contributed by atoms with van der Waals surface area (Å²) in [5.41, 5.74) is 5.50. The number of amides is 4. The molecule has 0 bridgehead atoms. The quantitative estimate of drug-likeness (QED) is 0.123. The summed E-state index contributed by atoms with van der Waals surface area (Å²) in [6.07, 6.45) is 13.2. The van der Waals surface area contributed by atoms with E-state index in [9.17, 15) is 19.2 Å². The van der Waals surface area contributed by atoms with Crippen molar-refractivity contribution in [1.82, 2.24) is 9.80 Å². The molecule has 0 unspecified atom stereocenters. The Kier molecular flexibility index (Phi) is 10.4. The number of hydrogen-bond acceptors (Lipinski definition) is 4. The molecule has 2 aliphatic heterocycles. The molecule has 2 aliphatic rings. The van der Waals surface area contributed by atoms with E-state index in [2.05, 4.69) is 13.8 Å². The van der Waals surface area contributed by atoms with Crippen LogP contribution in [0.15, 0.2) is 60.7 Å². The largest absolute Gasteiger partial charge is 0.274 e. The van der Waals surface area contributed by atoms with Crippen LogP contribution in [0.5, 0.6) is 0 Å². The van der Waals surface area contributed by atoms with Crippen molar-refractivity contribution in [3.63, 3.8) is 0 Å². The lowest BCUT2D eigenvalue weighted by molar-refractivity contribution is 0.0636. The molecule has 0 aliphatic carbocycles. The summed E-state index contributed by atoms with van der Waals surface area (Å²) in [7, 11) is 0. The van der Waals surface area contributed by atoms with Gasteiger partial charge in [-0.3, -0.25) is 29.0 Å². The van der Waals surface area contributed by atoms with Crippen molar-refractivity contribution in [3.8, 4) is 22.3 Å². The lowest BCUT2D eigenvalue weighted by atomic mass is 9.96. The van der Waals surface area contributed by atoms with Gasteiger partial charge in [0.05, 0.1) is 22.3 Å². The van der Waals surface area contributed by atoms with Gasteiger partial charge in [0.1, 0.15) is 0 Å². The zero-order valence-electron chi connectivity index (χ0n) is 26.2. The first-order chi connectivity index (χ1) is 21.4. The van der Waals surface area contributed by atoms with Crippen LogP contribution in [0.2, 0.25) is 0 Å². The van der Waals surface area contributed by atoms with Gasteiger partial charge in [-0.2, -0.15) is 0 Å². The van der Waals surface area contributed by atoms with Crippen molar-refractivity contribution in [2.75, 3.05) is 13.1 Å². The predicted octanol–water partition coefficient (Wildman–Crippen LogP) is 8.93. The molecule has 0 N–H and O–H groups in total. The molecule has 0 saturated heterocycles. The van der Waals surface area contributed by atoms with E-state index < -0.39 is 0 Å². The maximum atomic E-state index is 13.1. The average Bonchev–Trinajstić information content (AvgIpc) is 3.43. The van der Waals surface area contributed by atoms with Crippen molar-refractivity contribution < 1.29 is 19.2 Å². The summed E-state index contributed by atoms with van der Waals surface area (Å²) < 4.78 is 0. The van der Waals surface area contributed by atoms with Crippen LogP contribution in [0, 0.1) is 0 Å². The minimum Gasteiger partial charge on any atom is -0.274 e. The number of carbonyl (C=O) groups is 4. The van der Waals surface area contributed by atoms with Crippen LogP contribution in [0.1, 0.15) is 132 Å². The number of nitrogens with zero attached hydrogens (tertiary/aromatic N) is 2. The minimum atomic E-state index is -0.208. The van der Waals surface area contributed by atoms with Gasteiger partial charge in [-0.1, -0.05) is 114 Å². The Morgan fingerprint density at radius 2 is 0.705 bits per heavy atom. The van der Waals surface area contributed by atoms with Crippen LogP contribution in [0.25, 0.3) is 22.3 Å². The second kappa shape index (κ2) is 14.6.